The molecule has 2 heterocycles. The maximum atomic E-state index is 13.1. The van der Waals surface area contributed by atoms with Crippen molar-refractivity contribution in [1.29, 1.82) is 5.26 Å². The Bertz CT molecular complexity index is 1930. The van der Waals surface area contributed by atoms with E-state index in [2.05, 4.69) is 6.07 Å². The number of hydrogen-bond donors (Lipinski definition) is 1. The van der Waals surface area contributed by atoms with Gasteiger partial charge in [-0.1, -0.05) is 60.1 Å². The number of halogens is 1. The first-order valence-electron chi connectivity index (χ1n) is 13.2. The summed E-state index contributed by atoms with van der Waals surface area (Å²) >= 11 is 6.28. The predicted octanol–water partition coefficient (Wildman–Crippen LogP) is 7.72. The van der Waals surface area contributed by atoms with Crippen LogP contribution in [0.5, 0.6) is 17.2 Å². The number of nitrogens with zero attached hydrogens (tertiary/aromatic N) is 1. The standard InChI is InChI=1S/C34H25ClN2O5/c1-19-10-12-25-20(2)32(41-29(25)14-19)34(38)40-24-11-13-26-30(16-24)42-33(37)27(17-36)31(26)21-7-5-8-23(15-21)39-18-22-6-3-4-9-28(22)35/h3-16,31H,18,37H2,1-2H3. The van der Waals surface area contributed by atoms with Crippen molar-refractivity contribution in [3.8, 4) is 23.3 Å². The minimum absolute atomic E-state index is 0.0237. The van der Waals surface area contributed by atoms with Gasteiger partial charge in [-0.05, 0) is 55.3 Å². The van der Waals surface area contributed by atoms with Crippen LogP contribution < -0.4 is 19.9 Å². The van der Waals surface area contributed by atoms with Gasteiger partial charge in [-0.25, -0.2) is 4.79 Å². The zero-order valence-corrected chi connectivity index (χ0v) is 23.6. The molecule has 5 aromatic rings. The number of rotatable bonds is 6. The Morgan fingerprint density at radius 3 is 2.64 bits per heavy atom. The molecule has 1 unspecified atom stereocenters. The van der Waals surface area contributed by atoms with Crippen LogP contribution in [-0.4, -0.2) is 5.97 Å². The number of nitrogens with two attached hydrogens (primary N) is 1. The molecule has 8 heteroatoms. The number of esters is 1. The summed E-state index contributed by atoms with van der Waals surface area (Å²) < 4.78 is 23.3. The summed E-state index contributed by atoms with van der Waals surface area (Å²) in [6, 6.07) is 27.9. The van der Waals surface area contributed by atoms with Gasteiger partial charge in [0.25, 0.3) is 0 Å². The number of furan rings is 1. The summed E-state index contributed by atoms with van der Waals surface area (Å²) in [6.07, 6.45) is 0. The predicted molar refractivity (Wildman–Crippen MR) is 159 cm³/mol. The van der Waals surface area contributed by atoms with Crippen LogP contribution in [0.1, 0.15) is 44.3 Å². The number of carbonyl (C=O) groups is 1. The fourth-order valence-corrected chi connectivity index (χ4v) is 5.27. The molecular weight excluding hydrogens is 552 g/mol. The summed E-state index contributed by atoms with van der Waals surface area (Å²) in [5.41, 5.74) is 11.2. The van der Waals surface area contributed by atoms with Crippen molar-refractivity contribution in [2.24, 2.45) is 5.73 Å². The van der Waals surface area contributed by atoms with Crippen LogP contribution in [0.2, 0.25) is 5.02 Å². The van der Waals surface area contributed by atoms with Gasteiger partial charge in [0, 0.05) is 33.2 Å². The molecule has 1 aliphatic heterocycles. The fraction of sp³-hybridized carbons (Fsp3) is 0.118. The molecule has 208 valence electrons. The second kappa shape index (κ2) is 11.0. The van der Waals surface area contributed by atoms with E-state index in [1.807, 2.05) is 80.6 Å². The molecule has 42 heavy (non-hydrogen) atoms. The minimum atomic E-state index is -0.627. The number of ether oxygens (including phenoxy) is 3. The second-order valence-corrected chi connectivity index (χ2v) is 10.4. The van der Waals surface area contributed by atoms with E-state index in [1.165, 1.54) is 0 Å². The van der Waals surface area contributed by atoms with Gasteiger partial charge >= 0.3 is 5.97 Å². The topological polar surface area (TPSA) is 108 Å². The smallest absolute Gasteiger partial charge is 0.379 e. The molecule has 1 aromatic heterocycles. The average molecular weight is 577 g/mol. The molecule has 0 saturated heterocycles. The maximum absolute atomic E-state index is 13.1. The van der Waals surface area contributed by atoms with E-state index in [4.69, 9.17) is 36.0 Å². The molecule has 0 radical (unpaired) electrons. The first kappa shape index (κ1) is 27.0. The number of hydrogen-bond acceptors (Lipinski definition) is 7. The van der Waals surface area contributed by atoms with E-state index in [9.17, 15) is 10.1 Å². The van der Waals surface area contributed by atoms with Gasteiger partial charge in [0.05, 0.1) is 5.92 Å². The maximum Gasteiger partial charge on any atom is 0.379 e. The molecule has 7 nitrogen and oxygen atoms in total. The average Bonchev–Trinajstić information content (AvgIpc) is 3.31. The van der Waals surface area contributed by atoms with Crippen molar-refractivity contribution in [2.45, 2.75) is 26.4 Å². The second-order valence-electron chi connectivity index (χ2n) is 10.0. The Hall–Kier alpha value is -5.19. The van der Waals surface area contributed by atoms with Gasteiger partial charge < -0.3 is 24.4 Å². The zero-order valence-electron chi connectivity index (χ0n) is 22.8. The van der Waals surface area contributed by atoms with Crippen molar-refractivity contribution in [1.82, 2.24) is 0 Å². The number of benzene rings is 4. The lowest BCUT2D eigenvalue weighted by Crippen LogP contribution is -2.21. The molecule has 1 aliphatic rings. The largest absolute Gasteiger partial charge is 0.489 e. The summed E-state index contributed by atoms with van der Waals surface area (Å²) in [5.74, 6) is 0.195. The summed E-state index contributed by atoms with van der Waals surface area (Å²) in [7, 11) is 0. The molecule has 6 rings (SSSR count). The van der Waals surface area contributed by atoms with E-state index in [-0.39, 0.29) is 29.6 Å². The quantitative estimate of drug-likeness (QED) is 0.163. The van der Waals surface area contributed by atoms with Crippen molar-refractivity contribution in [3.05, 3.63) is 135 Å². The van der Waals surface area contributed by atoms with Gasteiger partial charge in [-0.15, -0.1) is 0 Å². The Morgan fingerprint density at radius 1 is 1.00 bits per heavy atom. The number of nitriles is 1. The molecular formula is C34H25ClN2O5. The third-order valence-corrected chi connectivity index (χ3v) is 7.59. The van der Waals surface area contributed by atoms with Crippen molar-refractivity contribution >= 4 is 28.5 Å². The highest BCUT2D eigenvalue weighted by atomic mass is 35.5. The highest BCUT2D eigenvalue weighted by molar-refractivity contribution is 6.31. The lowest BCUT2D eigenvalue weighted by Gasteiger charge is -2.27. The van der Waals surface area contributed by atoms with Crippen molar-refractivity contribution in [2.75, 3.05) is 0 Å². The van der Waals surface area contributed by atoms with Crippen LogP contribution in [-0.2, 0) is 6.61 Å². The third-order valence-electron chi connectivity index (χ3n) is 7.22. The minimum Gasteiger partial charge on any atom is -0.489 e. The monoisotopic (exact) mass is 576 g/mol. The van der Waals surface area contributed by atoms with Crippen LogP contribution in [0.3, 0.4) is 0 Å². The van der Waals surface area contributed by atoms with Gasteiger partial charge in [0.15, 0.2) is 0 Å². The molecule has 0 bridgehead atoms. The number of fused-ring (bicyclic) bond motifs is 2. The molecule has 0 saturated carbocycles. The van der Waals surface area contributed by atoms with E-state index in [0.29, 0.717) is 33.2 Å². The highest BCUT2D eigenvalue weighted by Gasteiger charge is 2.31. The summed E-state index contributed by atoms with van der Waals surface area (Å²) in [6.45, 7) is 4.06. The number of carbonyl (C=O) groups excluding carboxylic acids is 1. The Balaban J connectivity index is 1.28. The Morgan fingerprint density at radius 2 is 1.83 bits per heavy atom. The fourth-order valence-electron chi connectivity index (χ4n) is 5.08. The van der Waals surface area contributed by atoms with E-state index >= 15 is 0 Å². The molecule has 2 N–H and O–H groups in total. The molecule has 0 fully saturated rings. The van der Waals surface area contributed by atoms with Gasteiger partial charge in [-0.2, -0.15) is 5.26 Å². The Kier molecular flexibility index (Phi) is 7.07. The Labute approximate surface area is 247 Å². The van der Waals surface area contributed by atoms with Crippen LogP contribution in [0.4, 0.5) is 0 Å². The first-order valence-corrected chi connectivity index (χ1v) is 13.6. The van der Waals surface area contributed by atoms with Gasteiger partial charge in [0.2, 0.25) is 11.6 Å². The zero-order chi connectivity index (χ0) is 29.4. The SMILES string of the molecule is Cc1ccc2c(C)c(C(=O)Oc3ccc4c(c3)OC(N)=C(C#N)C4c3cccc(OCc4ccccc4Cl)c3)oc2c1. The molecule has 0 aliphatic carbocycles. The lowest BCUT2D eigenvalue weighted by atomic mass is 9.83. The third kappa shape index (κ3) is 5.05. The summed E-state index contributed by atoms with van der Waals surface area (Å²) in [5, 5.41) is 11.5. The van der Waals surface area contributed by atoms with Crippen LogP contribution >= 0.6 is 11.6 Å². The lowest BCUT2D eigenvalue weighted by molar-refractivity contribution is 0.0702. The molecule has 4 aromatic carbocycles. The molecule has 0 amide bonds. The molecule has 0 spiro atoms. The van der Waals surface area contributed by atoms with Gasteiger partial charge in [0.1, 0.15) is 41.1 Å². The van der Waals surface area contributed by atoms with Crippen LogP contribution in [0.15, 0.2) is 101 Å². The van der Waals surface area contributed by atoms with Crippen molar-refractivity contribution in [3.63, 3.8) is 0 Å². The van der Waals surface area contributed by atoms with Gasteiger partial charge in [-0.3, -0.25) is 0 Å². The highest BCUT2D eigenvalue weighted by Crippen LogP contribution is 2.44. The van der Waals surface area contributed by atoms with Crippen LogP contribution in [0, 0.1) is 25.2 Å². The van der Waals surface area contributed by atoms with Crippen molar-refractivity contribution < 1.29 is 23.4 Å². The summed E-state index contributed by atoms with van der Waals surface area (Å²) in [4.78, 5) is 13.1. The first-order chi connectivity index (χ1) is 20.3. The normalized spacial score (nSPS) is 14.2. The van der Waals surface area contributed by atoms with Crippen LogP contribution in [0.25, 0.3) is 11.0 Å². The van der Waals surface area contributed by atoms with E-state index < -0.39 is 11.9 Å². The van der Waals surface area contributed by atoms with E-state index in [1.54, 1.807) is 18.2 Å². The molecule has 1 atom stereocenters. The van der Waals surface area contributed by atoms with E-state index in [0.717, 1.165) is 22.1 Å². The number of allylic oxidation sites excluding steroid dienone is 1. The number of aryl methyl sites for hydroxylation is 2.